The lowest BCUT2D eigenvalue weighted by atomic mass is 10.1. The van der Waals surface area contributed by atoms with Gasteiger partial charge in [-0.05, 0) is 24.1 Å². The Morgan fingerprint density at radius 2 is 1.95 bits per heavy atom. The Bertz CT molecular complexity index is 572. The minimum atomic E-state index is -0.0763. The summed E-state index contributed by atoms with van der Waals surface area (Å²) in [4.78, 5) is 18.5. The second kappa shape index (κ2) is 7.06. The molecule has 20 heavy (non-hydrogen) atoms. The van der Waals surface area contributed by atoms with Crippen LogP contribution >= 0.6 is 11.6 Å². The van der Waals surface area contributed by atoms with Crippen molar-refractivity contribution in [3.8, 4) is 0 Å². The van der Waals surface area contributed by atoms with Crippen LogP contribution in [0.5, 0.6) is 0 Å². The molecule has 0 saturated heterocycles. The second-order valence-electron chi connectivity index (χ2n) is 4.57. The number of benzene rings is 1. The van der Waals surface area contributed by atoms with Crippen molar-refractivity contribution in [2.24, 2.45) is 0 Å². The molecule has 0 spiro atoms. The van der Waals surface area contributed by atoms with Crippen LogP contribution in [0.25, 0.3) is 0 Å². The molecule has 0 atom stereocenters. The van der Waals surface area contributed by atoms with Gasteiger partial charge in [0.2, 0.25) is 0 Å². The lowest BCUT2D eigenvalue weighted by molar-refractivity contribution is 0.0747. The Hall–Kier alpha value is -1.87. The molecular formula is C16H17ClN2O. The van der Waals surface area contributed by atoms with Crippen LogP contribution in [0.1, 0.15) is 21.6 Å². The monoisotopic (exact) mass is 288 g/mol. The highest BCUT2D eigenvalue weighted by molar-refractivity contribution is 6.18. The van der Waals surface area contributed by atoms with E-state index in [9.17, 15) is 4.79 Å². The summed E-state index contributed by atoms with van der Waals surface area (Å²) in [5.74, 6) is 0.331. The number of carbonyl (C=O) groups excluding carboxylic acids is 1. The lowest BCUT2D eigenvalue weighted by Crippen LogP contribution is -2.33. The lowest BCUT2D eigenvalue weighted by Gasteiger charge is -2.22. The predicted octanol–water partition coefficient (Wildman–Crippen LogP) is 3.27. The predicted molar refractivity (Wildman–Crippen MR) is 80.9 cm³/mol. The quantitative estimate of drug-likeness (QED) is 0.791. The van der Waals surface area contributed by atoms with Crippen molar-refractivity contribution >= 4 is 17.5 Å². The van der Waals surface area contributed by atoms with Gasteiger partial charge in [0.1, 0.15) is 5.69 Å². The smallest absolute Gasteiger partial charge is 0.273 e. The van der Waals surface area contributed by atoms with Crippen LogP contribution in [-0.4, -0.2) is 28.2 Å². The Kier molecular flexibility index (Phi) is 5.13. The van der Waals surface area contributed by atoms with Gasteiger partial charge in [-0.15, -0.1) is 11.6 Å². The molecule has 0 saturated carbocycles. The molecule has 104 valence electrons. The number of alkyl halides is 1. The first-order valence-electron chi connectivity index (χ1n) is 6.53. The van der Waals surface area contributed by atoms with Crippen LogP contribution in [0.3, 0.4) is 0 Å². The largest absolute Gasteiger partial charge is 0.332 e. The molecule has 0 aliphatic heterocycles. The number of aryl methyl sites for hydroxylation is 1. The Morgan fingerprint density at radius 1 is 1.20 bits per heavy atom. The van der Waals surface area contributed by atoms with Crippen molar-refractivity contribution in [2.45, 2.75) is 13.5 Å². The molecule has 0 N–H and O–H groups in total. The van der Waals surface area contributed by atoms with E-state index in [2.05, 4.69) is 4.98 Å². The third-order valence-corrected chi connectivity index (χ3v) is 3.24. The number of aromatic nitrogens is 1. The van der Waals surface area contributed by atoms with Gasteiger partial charge in [-0.1, -0.05) is 36.4 Å². The van der Waals surface area contributed by atoms with Gasteiger partial charge in [-0.25, -0.2) is 0 Å². The van der Waals surface area contributed by atoms with Crippen LogP contribution < -0.4 is 0 Å². The normalized spacial score (nSPS) is 10.3. The van der Waals surface area contributed by atoms with Gasteiger partial charge in [0.05, 0.1) is 0 Å². The number of amides is 1. The summed E-state index contributed by atoms with van der Waals surface area (Å²) in [6.07, 6.45) is 1.64. The minimum Gasteiger partial charge on any atom is -0.332 e. The Balaban J connectivity index is 2.20. The number of rotatable bonds is 5. The molecule has 1 aromatic heterocycles. The van der Waals surface area contributed by atoms with Gasteiger partial charge in [-0.2, -0.15) is 0 Å². The Morgan fingerprint density at radius 3 is 2.60 bits per heavy atom. The van der Waals surface area contributed by atoms with Gasteiger partial charge in [0.25, 0.3) is 5.91 Å². The number of hydrogen-bond donors (Lipinski definition) is 0. The summed E-state index contributed by atoms with van der Waals surface area (Å²) in [5, 5.41) is 0. The van der Waals surface area contributed by atoms with Crippen molar-refractivity contribution in [3.05, 3.63) is 65.5 Å². The number of halogens is 1. The zero-order valence-corrected chi connectivity index (χ0v) is 12.2. The maximum atomic E-state index is 12.6. The maximum Gasteiger partial charge on any atom is 0.273 e. The van der Waals surface area contributed by atoms with Gasteiger partial charge in [0.15, 0.2) is 0 Å². The standard InChI is InChI=1S/C16H17ClN2O/c1-13-6-5-10-18-15(13)16(20)19(11-9-17)12-14-7-3-2-4-8-14/h2-8,10H,9,11-12H2,1H3. The van der Waals surface area contributed by atoms with Crippen LogP contribution in [0, 0.1) is 6.92 Å². The van der Waals surface area contributed by atoms with Gasteiger partial charge in [0, 0.05) is 25.2 Å². The SMILES string of the molecule is Cc1cccnc1C(=O)N(CCCl)Cc1ccccc1. The molecule has 0 radical (unpaired) electrons. The minimum absolute atomic E-state index is 0.0763. The van der Waals surface area contributed by atoms with Crippen molar-refractivity contribution in [3.63, 3.8) is 0 Å². The molecule has 0 aliphatic carbocycles. The summed E-state index contributed by atoms with van der Waals surface area (Å²) >= 11 is 5.82. The van der Waals surface area contributed by atoms with E-state index in [0.717, 1.165) is 11.1 Å². The van der Waals surface area contributed by atoms with Crippen LogP contribution in [0.15, 0.2) is 48.7 Å². The summed E-state index contributed by atoms with van der Waals surface area (Å²) < 4.78 is 0. The van der Waals surface area contributed by atoms with E-state index >= 15 is 0 Å². The number of carbonyl (C=O) groups is 1. The Labute approximate surface area is 124 Å². The third kappa shape index (κ3) is 3.58. The van der Waals surface area contributed by atoms with E-state index in [1.54, 1.807) is 11.1 Å². The molecule has 1 heterocycles. The second-order valence-corrected chi connectivity index (χ2v) is 4.95. The zero-order valence-electron chi connectivity index (χ0n) is 11.4. The first-order valence-corrected chi connectivity index (χ1v) is 7.06. The van der Waals surface area contributed by atoms with E-state index in [4.69, 9.17) is 11.6 Å². The highest BCUT2D eigenvalue weighted by Gasteiger charge is 2.18. The first-order chi connectivity index (χ1) is 9.72. The molecule has 0 aliphatic rings. The first kappa shape index (κ1) is 14.5. The third-order valence-electron chi connectivity index (χ3n) is 3.07. The fraction of sp³-hybridized carbons (Fsp3) is 0.250. The van der Waals surface area contributed by atoms with Crippen molar-refractivity contribution < 1.29 is 4.79 Å². The molecule has 1 aromatic carbocycles. The molecule has 3 nitrogen and oxygen atoms in total. The summed E-state index contributed by atoms with van der Waals surface area (Å²) in [6.45, 7) is 2.94. The zero-order chi connectivity index (χ0) is 14.4. The van der Waals surface area contributed by atoms with E-state index in [1.807, 2.05) is 49.4 Å². The van der Waals surface area contributed by atoms with E-state index in [-0.39, 0.29) is 5.91 Å². The summed E-state index contributed by atoms with van der Waals surface area (Å²) in [6, 6.07) is 13.6. The molecule has 0 bridgehead atoms. The average Bonchev–Trinajstić information content (AvgIpc) is 2.48. The molecule has 1 amide bonds. The van der Waals surface area contributed by atoms with Gasteiger partial charge >= 0.3 is 0 Å². The summed E-state index contributed by atoms with van der Waals surface area (Å²) in [7, 11) is 0. The van der Waals surface area contributed by atoms with E-state index in [1.165, 1.54) is 0 Å². The molecular weight excluding hydrogens is 272 g/mol. The van der Waals surface area contributed by atoms with Crippen molar-refractivity contribution in [2.75, 3.05) is 12.4 Å². The molecule has 4 heteroatoms. The molecule has 2 rings (SSSR count). The molecule has 2 aromatic rings. The van der Waals surface area contributed by atoms with Gasteiger partial charge in [-0.3, -0.25) is 9.78 Å². The molecule has 0 fully saturated rings. The van der Waals surface area contributed by atoms with E-state index in [0.29, 0.717) is 24.7 Å². The van der Waals surface area contributed by atoms with Crippen LogP contribution in [-0.2, 0) is 6.54 Å². The van der Waals surface area contributed by atoms with E-state index < -0.39 is 0 Å². The molecule has 0 unspecified atom stereocenters. The number of hydrogen-bond acceptors (Lipinski definition) is 2. The maximum absolute atomic E-state index is 12.6. The van der Waals surface area contributed by atoms with Crippen LogP contribution in [0.4, 0.5) is 0 Å². The highest BCUT2D eigenvalue weighted by atomic mass is 35.5. The highest BCUT2D eigenvalue weighted by Crippen LogP contribution is 2.11. The fourth-order valence-corrected chi connectivity index (χ4v) is 2.22. The van der Waals surface area contributed by atoms with Crippen LogP contribution in [0.2, 0.25) is 0 Å². The average molecular weight is 289 g/mol. The fourth-order valence-electron chi connectivity index (χ4n) is 2.02. The van der Waals surface area contributed by atoms with Crippen molar-refractivity contribution in [1.82, 2.24) is 9.88 Å². The topological polar surface area (TPSA) is 33.2 Å². The number of pyridine rings is 1. The van der Waals surface area contributed by atoms with Gasteiger partial charge < -0.3 is 4.90 Å². The summed E-state index contributed by atoms with van der Waals surface area (Å²) in [5.41, 5.74) is 2.46. The number of nitrogens with zero attached hydrogens (tertiary/aromatic N) is 2. The van der Waals surface area contributed by atoms with Crippen molar-refractivity contribution in [1.29, 1.82) is 0 Å².